The molecule has 1 aliphatic rings. The molecule has 0 aromatic heterocycles. The summed E-state index contributed by atoms with van der Waals surface area (Å²) in [6.07, 6.45) is -2.03. The topological polar surface area (TPSA) is 168 Å². The van der Waals surface area contributed by atoms with E-state index < -0.39 is 66.1 Å². The molecule has 4 amide bonds. The highest BCUT2D eigenvalue weighted by atomic mass is 19.3. The van der Waals surface area contributed by atoms with E-state index in [2.05, 4.69) is 5.32 Å². The number of halogens is 2. The molecule has 0 spiro atoms. The van der Waals surface area contributed by atoms with Gasteiger partial charge >= 0.3 is 6.09 Å². The highest BCUT2D eigenvalue weighted by Crippen LogP contribution is 2.29. The van der Waals surface area contributed by atoms with E-state index in [4.69, 9.17) is 16.2 Å². The van der Waals surface area contributed by atoms with Crippen LogP contribution in [-0.2, 0) is 25.5 Å². The van der Waals surface area contributed by atoms with Gasteiger partial charge in [-0.1, -0.05) is 36.8 Å². The van der Waals surface area contributed by atoms with Gasteiger partial charge in [0.1, 0.15) is 23.8 Å². The molecule has 4 atom stereocenters. The molecule has 6 N–H and O–H groups in total. The van der Waals surface area contributed by atoms with E-state index in [9.17, 15) is 33.1 Å². The SMILES string of the molecule is CC(=O)N(C(=O)[C@@H]1CCCN1C(=O)[C@@H](Cc1ccccc1)NC(=O)OC(C)(C)C)C(CCCCN)C(O)C(F)(F)CN. The lowest BCUT2D eigenvalue weighted by atomic mass is 9.96. The summed E-state index contributed by atoms with van der Waals surface area (Å²) in [5, 5.41) is 13.2. The molecule has 236 valence electrons. The van der Waals surface area contributed by atoms with Crippen LogP contribution in [0.25, 0.3) is 0 Å². The molecule has 0 saturated carbocycles. The van der Waals surface area contributed by atoms with E-state index in [1.807, 2.05) is 0 Å². The van der Waals surface area contributed by atoms with E-state index in [0.29, 0.717) is 17.7 Å². The summed E-state index contributed by atoms with van der Waals surface area (Å²) in [5.41, 5.74) is 10.6. The molecule has 0 aliphatic carbocycles. The van der Waals surface area contributed by atoms with Gasteiger partial charge in [-0.3, -0.25) is 19.3 Å². The second kappa shape index (κ2) is 15.4. The minimum Gasteiger partial charge on any atom is -0.444 e. The Morgan fingerprint density at radius 2 is 1.79 bits per heavy atom. The van der Waals surface area contributed by atoms with Crippen LogP contribution in [0.15, 0.2) is 30.3 Å². The van der Waals surface area contributed by atoms with Crippen molar-refractivity contribution in [3.63, 3.8) is 0 Å². The van der Waals surface area contributed by atoms with Gasteiger partial charge < -0.3 is 31.5 Å². The first-order chi connectivity index (χ1) is 19.6. The van der Waals surface area contributed by atoms with Crippen LogP contribution in [0.1, 0.15) is 65.4 Å². The number of aliphatic hydroxyl groups is 1. The maximum absolute atomic E-state index is 14.6. The molecule has 1 heterocycles. The number of aliphatic hydroxyl groups excluding tert-OH is 1. The van der Waals surface area contributed by atoms with Crippen LogP contribution in [0.4, 0.5) is 13.6 Å². The number of nitrogens with one attached hydrogen (secondary N) is 1. The average Bonchev–Trinajstić information content (AvgIpc) is 3.40. The normalized spacial score (nSPS) is 17.7. The molecular weight excluding hydrogens is 552 g/mol. The van der Waals surface area contributed by atoms with E-state index >= 15 is 0 Å². The number of ether oxygens (including phenoxy) is 1. The van der Waals surface area contributed by atoms with Crippen molar-refractivity contribution >= 4 is 23.8 Å². The van der Waals surface area contributed by atoms with Gasteiger partial charge in [-0.2, -0.15) is 0 Å². The zero-order valence-electron chi connectivity index (χ0n) is 24.9. The van der Waals surface area contributed by atoms with Crippen LogP contribution < -0.4 is 16.8 Å². The molecule has 2 unspecified atom stereocenters. The van der Waals surface area contributed by atoms with Crippen molar-refractivity contribution in [2.24, 2.45) is 11.5 Å². The Balaban J connectivity index is 2.40. The number of unbranched alkanes of at least 4 members (excludes halogenated alkanes) is 1. The fraction of sp³-hybridized carbons (Fsp3) is 0.655. The number of carbonyl (C=O) groups is 4. The number of imide groups is 1. The number of nitrogens with zero attached hydrogens (tertiary/aromatic N) is 2. The quantitative estimate of drug-likeness (QED) is 0.250. The van der Waals surface area contributed by atoms with E-state index in [1.165, 1.54) is 4.90 Å². The van der Waals surface area contributed by atoms with Crippen LogP contribution in [0, 0.1) is 0 Å². The number of carbonyl (C=O) groups excluding carboxylic acids is 4. The lowest BCUT2D eigenvalue weighted by Crippen LogP contribution is -2.61. The van der Waals surface area contributed by atoms with Crippen molar-refractivity contribution in [3.8, 4) is 0 Å². The first-order valence-electron chi connectivity index (χ1n) is 14.3. The number of alkyl halides is 2. The largest absolute Gasteiger partial charge is 0.444 e. The van der Waals surface area contributed by atoms with Crippen LogP contribution in [-0.4, -0.2) is 94.1 Å². The third-order valence-electron chi connectivity index (χ3n) is 7.02. The maximum Gasteiger partial charge on any atom is 0.408 e. The Hall–Kier alpha value is -3.16. The summed E-state index contributed by atoms with van der Waals surface area (Å²) in [6, 6.07) is 5.06. The number of likely N-dealkylation sites (tertiary alicyclic amines) is 1. The number of hydrogen-bond acceptors (Lipinski definition) is 8. The molecule has 0 bridgehead atoms. The molecule has 1 aromatic rings. The number of amides is 4. The number of benzene rings is 1. The number of alkyl carbamates (subject to hydrolysis) is 1. The first kappa shape index (κ1) is 35.0. The van der Waals surface area contributed by atoms with Gasteiger partial charge in [-0.25, -0.2) is 13.6 Å². The zero-order chi connectivity index (χ0) is 31.7. The Labute approximate surface area is 245 Å². The van der Waals surface area contributed by atoms with Gasteiger partial charge in [-0.05, 0) is 58.6 Å². The van der Waals surface area contributed by atoms with Gasteiger partial charge in [0, 0.05) is 19.9 Å². The van der Waals surface area contributed by atoms with Crippen molar-refractivity contribution in [1.29, 1.82) is 0 Å². The van der Waals surface area contributed by atoms with Crippen LogP contribution in [0.3, 0.4) is 0 Å². The van der Waals surface area contributed by atoms with Gasteiger partial charge in [0.05, 0.1) is 12.6 Å². The average molecular weight is 598 g/mol. The lowest BCUT2D eigenvalue weighted by molar-refractivity contribution is -0.167. The molecule has 1 aliphatic heterocycles. The third kappa shape index (κ3) is 9.70. The van der Waals surface area contributed by atoms with Gasteiger partial charge in [0.25, 0.3) is 11.8 Å². The van der Waals surface area contributed by atoms with Gasteiger partial charge in [-0.15, -0.1) is 0 Å². The number of rotatable bonds is 13. The second-order valence-electron chi connectivity index (χ2n) is 11.6. The zero-order valence-corrected chi connectivity index (χ0v) is 24.9. The summed E-state index contributed by atoms with van der Waals surface area (Å²) < 4.78 is 34.5. The molecule has 42 heavy (non-hydrogen) atoms. The van der Waals surface area contributed by atoms with Crippen molar-refractivity contribution in [3.05, 3.63) is 35.9 Å². The van der Waals surface area contributed by atoms with Gasteiger partial charge in [0.15, 0.2) is 0 Å². The molecular formula is C29H45F2N5O6. The first-order valence-corrected chi connectivity index (χ1v) is 14.3. The third-order valence-corrected chi connectivity index (χ3v) is 7.02. The minimum atomic E-state index is -3.77. The smallest absolute Gasteiger partial charge is 0.408 e. The fourth-order valence-corrected chi connectivity index (χ4v) is 5.03. The molecule has 1 aromatic carbocycles. The van der Waals surface area contributed by atoms with Crippen LogP contribution in [0.5, 0.6) is 0 Å². The predicted octanol–water partition coefficient (Wildman–Crippen LogP) is 1.94. The molecule has 2 rings (SSSR count). The summed E-state index contributed by atoms with van der Waals surface area (Å²) in [6.45, 7) is 5.29. The molecule has 1 saturated heterocycles. The standard InChI is InChI=1S/C29H45F2N5O6/c1-19(37)36(22(13-8-9-15-32)24(38)29(30,31)18-33)26(40)23-14-10-16-35(23)25(39)21(17-20-11-6-5-7-12-20)34-27(41)42-28(2,3)4/h5-7,11-12,21-24,38H,8-10,13-18,32-33H2,1-4H3,(H,34,41)/t21-,22?,23+,24?/m1/s1. The number of nitrogens with two attached hydrogens (primary N) is 2. The van der Waals surface area contributed by atoms with Crippen LogP contribution >= 0.6 is 0 Å². The Bertz CT molecular complexity index is 1070. The monoisotopic (exact) mass is 597 g/mol. The molecule has 1 fully saturated rings. The van der Waals surface area contributed by atoms with Crippen molar-refractivity contribution in [2.75, 3.05) is 19.6 Å². The summed E-state index contributed by atoms with van der Waals surface area (Å²) >= 11 is 0. The van der Waals surface area contributed by atoms with Crippen molar-refractivity contribution in [2.45, 2.75) is 102 Å². The maximum atomic E-state index is 14.6. The molecule has 11 nitrogen and oxygen atoms in total. The number of hydrogen-bond donors (Lipinski definition) is 4. The van der Waals surface area contributed by atoms with Crippen LogP contribution in [0.2, 0.25) is 0 Å². The summed E-state index contributed by atoms with van der Waals surface area (Å²) in [4.78, 5) is 55.1. The highest BCUT2D eigenvalue weighted by Gasteiger charge is 2.49. The minimum absolute atomic E-state index is 0.0932. The van der Waals surface area contributed by atoms with E-state index in [1.54, 1.807) is 51.1 Å². The van der Waals surface area contributed by atoms with Crippen molar-refractivity contribution in [1.82, 2.24) is 15.1 Å². The Morgan fingerprint density at radius 3 is 2.33 bits per heavy atom. The fourth-order valence-electron chi connectivity index (χ4n) is 5.03. The predicted molar refractivity (Wildman–Crippen MR) is 152 cm³/mol. The summed E-state index contributed by atoms with van der Waals surface area (Å²) in [7, 11) is 0. The van der Waals surface area contributed by atoms with E-state index in [-0.39, 0.29) is 38.8 Å². The molecule has 0 radical (unpaired) electrons. The van der Waals surface area contributed by atoms with Gasteiger partial charge in [0.2, 0.25) is 11.8 Å². The Morgan fingerprint density at radius 1 is 1.14 bits per heavy atom. The summed E-state index contributed by atoms with van der Waals surface area (Å²) in [5.74, 6) is -6.09. The Kier molecular flexibility index (Phi) is 12.8. The molecule has 13 heteroatoms. The second-order valence-corrected chi connectivity index (χ2v) is 11.6. The van der Waals surface area contributed by atoms with Crippen molar-refractivity contribution < 1.29 is 37.8 Å². The van der Waals surface area contributed by atoms with E-state index in [0.717, 1.165) is 12.5 Å². The lowest BCUT2D eigenvalue weighted by Gasteiger charge is -2.38. The highest BCUT2D eigenvalue weighted by molar-refractivity contribution is 6.00.